The van der Waals surface area contributed by atoms with Crippen molar-refractivity contribution in [3.05, 3.63) is 46.5 Å². The van der Waals surface area contributed by atoms with Crippen LogP contribution >= 0.6 is 11.3 Å². The molecule has 0 aliphatic carbocycles. The van der Waals surface area contributed by atoms with E-state index in [2.05, 4.69) is 27.7 Å². The highest BCUT2D eigenvalue weighted by atomic mass is 32.1. The molecule has 2 aromatic heterocycles. The van der Waals surface area contributed by atoms with Crippen molar-refractivity contribution in [2.75, 3.05) is 26.3 Å². The SMILES string of the molecule is C[C@@H](NC(=O)c1ccco1)[C@H](c1cccs1)N1CCOCC1. The summed E-state index contributed by atoms with van der Waals surface area (Å²) >= 11 is 1.72. The number of morpholine rings is 1. The molecule has 0 bridgehead atoms. The van der Waals surface area contributed by atoms with Crippen molar-refractivity contribution in [2.24, 2.45) is 0 Å². The molecule has 1 aliphatic rings. The Kier molecular flexibility index (Phi) is 4.92. The van der Waals surface area contributed by atoms with Crippen LogP contribution in [0.2, 0.25) is 0 Å². The Morgan fingerprint density at radius 2 is 2.14 bits per heavy atom. The van der Waals surface area contributed by atoms with Crippen molar-refractivity contribution in [1.82, 2.24) is 10.2 Å². The summed E-state index contributed by atoms with van der Waals surface area (Å²) in [6, 6.07) is 7.71. The summed E-state index contributed by atoms with van der Waals surface area (Å²) in [5.74, 6) is 0.172. The van der Waals surface area contributed by atoms with Crippen LogP contribution in [0.15, 0.2) is 40.3 Å². The van der Waals surface area contributed by atoms with Gasteiger partial charge in [0.05, 0.1) is 25.5 Å². The summed E-state index contributed by atoms with van der Waals surface area (Å²) < 4.78 is 10.6. The minimum Gasteiger partial charge on any atom is -0.459 e. The molecule has 1 fully saturated rings. The smallest absolute Gasteiger partial charge is 0.287 e. The van der Waals surface area contributed by atoms with Crippen LogP contribution in [0.25, 0.3) is 0 Å². The number of carbonyl (C=O) groups excluding carboxylic acids is 1. The maximum absolute atomic E-state index is 12.2. The van der Waals surface area contributed by atoms with Crippen LogP contribution in [0, 0.1) is 0 Å². The lowest BCUT2D eigenvalue weighted by molar-refractivity contribution is 0.00959. The van der Waals surface area contributed by atoms with Crippen LogP contribution in [0.5, 0.6) is 0 Å². The molecule has 1 aliphatic heterocycles. The zero-order chi connectivity index (χ0) is 15.4. The van der Waals surface area contributed by atoms with Crippen molar-refractivity contribution in [1.29, 1.82) is 0 Å². The Morgan fingerprint density at radius 1 is 1.32 bits per heavy atom. The van der Waals surface area contributed by atoms with Crippen LogP contribution in [0.4, 0.5) is 0 Å². The molecule has 1 amide bonds. The van der Waals surface area contributed by atoms with E-state index in [4.69, 9.17) is 9.15 Å². The molecule has 22 heavy (non-hydrogen) atoms. The van der Waals surface area contributed by atoms with E-state index in [1.165, 1.54) is 11.1 Å². The van der Waals surface area contributed by atoms with Crippen LogP contribution < -0.4 is 5.32 Å². The maximum Gasteiger partial charge on any atom is 0.287 e. The number of rotatable bonds is 5. The molecule has 6 heteroatoms. The molecule has 118 valence electrons. The highest BCUT2D eigenvalue weighted by molar-refractivity contribution is 7.10. The van der Waals surface area contributed by atoms with E-state index in [0.717, 1.165) is 26.3 Å². The van der Waals surface area contributed by atoms with Gasteiger partial charge in [-0.2, -0.15) is 0 Å². The molecule has 1 N–H and O–H groups in total. The van der Waals surface area contributed by atoms with E-state index in [9.17, 15) is 4.79 Å². The molecule has 0 unspecified atom stereocenters. The molecule has 3 heterocycles. The first kappa shape index (κ1) is 15.3. The van der Waals surface area contributed by atoms with E-state index < -0.39 is 0 Å². The Balaban J connectivity index is 1.74. The second-order valence-electron chi connectivity index (χ2n) is 5.35. The van der Waals surface area contributed by atoms with Crippen LogP contribution in [0.1, 0.15) is 28.4 Å². The second-order valence-corrected chi connectivity index (χ2v) is 6.33. The third kappa shape index (κ3) is 3.40. The third-order valence-corrected chi connectivity index (χ3v) is 4.79. The number of nitrogens with one attached hydrogen (secondary N) is 1. The van der Waals surface area contributed by atoms with Crippen LogP contribution in [0.3, 0.4) is 0 Å². The summed E-state index contributed by atoms with van der Waals surface area (Å²) in [6.45, 7) is 5.27. The fourth-order valence-electron chi connectivity index (χ4n) is 2.82. The summed E-state index contributed by atoms with van der Waals surface area (Å²) in [6.07, 6.45) is 1.51. The molecule has 2 aromatic rings. The second kappa shape index (κ2) is 7.09. The van der Waals surface area contributed by atoms with Crippen molar-refractivity contribution < 1.29 is 13.9 Å². The fourth-order valence-corrected chi connectivity index (χ4v) is 3.79. The van der Waals surface area contributed by atoms with Crippen molar-refractivity contribution in [3.63, 3.8) is 0 Å². The topological polar surface area (TPSA) is 54.7 Å². The van der Waals surface area contributed by atoms with Gasteiger partial charge in [0.25, 0.3) is 5.91 Å². The van der Waals surface area contributed by atoms with Gasteiger partial charge in [0.15, 0.2) is 5.76 Å². The van der Waals surface area contributed by atoms with Gasteiger partial charge in [-0.1, -0.05) is 6.07 Å². The molecule has 1 saturated heterocycles. The molecule has 3 rings (SSSR count). The van der Waals surface area contributed by atoms with E-state index in [1.807, 2.05) is 6.92 Å². The maximum atomic E-state index is 12.2. The summed E-state index contributed by atoms with van der Waals surface area (Å²) in [5.41, 5.74) is 0. The average molecular weight is 320 g/mol. The minimum atomic E-state index is -0.174. The summed E-state index contributed by atoms with van der Waals surface area (Å²) in [5, 5.41) is 5.13. The predicted octanol–water partition coefficient (Wildman–Crippen LogP) is 2.53. The number of amides is 1. The Morgan fingerprint density at radius 3 is 2.77 bits per heavy atom. The lowest BCUT2D eigenvalue weighted by Crippen LogP contribution is -2.48. The monoisotopic (exact) mass is 320 g/mol. The first-order valence-electron chi connectivity index (χ1n) is 7.45. The van der Waals surface area contributed by atoms with Crippen molar-refractivity contribution in [3.8, 4) is 0 Å². The van der Waals surface area contributed by atoms with E-state index in [1.54, 1.807) is 23.5 Å². The molecular formula is C16H20N2O3S. The number of hydrogen-bond acceptors (Lipinski definition) is 5. The third-order valence-electron chi connectivity index (χ3n) is 3.85. The number of hydrogen-bond donors (Lipinski definition) is 1. The standard InChI is InChI=1S/C16H20N2O3S/c1-12(17-16(19)13-4-2-8-21-13)15(14-5-3-11-22-14)18-6-9-20-10-7-18/h2-5,8,11-12,15H,6-7,9-10H2,1H3,(H,17,19)/t12-,15-/m1/s1. The number of furan rings is 1. The van der Waals surface area contributed by atoms with Gasteiger partial charge in [-0.3, -0.25) is 9.69 Å². The minimum absolute atomic E-state index is 0.0191. The lowest BCUT2D eigenvalue weighted by atomic mass is 10.1. The Hall–Kier alpha value is -1.63. The molecule has 0 aromatic carbocycles. The first-order chi connectivity index (χ1) is 10.8. The highest BCUT2D eigenvalue weighted by Crippen LogP contribution is 2.29. The number of thiophene rings is 1. The fraction of sp³-hybridized carbons (Fsp3) is 0.438. The molecule has 0 spiro atoms. The van der Waals surface area contributed by atoms with E-state index in [0.29, 0.717) is 5.76 Å². The van der Waals surface area contributed by atoms with E-state index >= 15 is 0 Å². The van der Waals surface area contributed by atoms with Crippen molar-refractivity contribution >= 4 is 17.2 Å². The quantitative estimate of drug-likeness (QED) is 0.920. The van der Waals surface area contributed by atoms with Gasteiger partial charge < -0.3 is 14.5 Å². The number of ether oxygens (including phenoxy) is 1. The summed E-state index contributed by atoms with van der Waals surface area (Å²) in [4.78, 5) is 15.9. The Bertz CT molecular complexity index is 577. The highest BCUT2D eigenvalue weighted by Gasteiger charge is 2.29. The van der Waals surface area contributed by atoms with Crippen LogP contribution in [-0.4, -0.2) is 43.2 Å². The van der Waals surface area contributed by atoms with Gasteiger partial charge in [-0.25, -0.2) is 0 Å². The summed E-state index contributed by atoms with van der Waals surface area (Å²) in [7, 11) is 0. The molecule has 0 saturated carbocycles. The number of nitrogens with zero attached hydrogens (tertiary/aromatic N) is 1. The molecule has 0 radical (unpaired) electrons. The van der Waals surface area contributed by atoms with Gasteiger partial charge in [0, 0.05) is 24.0 Å². The molecular weight excluding hydrogens is 300 g/mol. The van der Waals surface area contributed by atoms with Gasteiger partial charge in [0.1, 0.15) is 0 Å². The van der Waals surface area contributed by atoms with E-state index in [-0.39, 0.29) is 18.0 Å². The van der Waals surface area contributed by atoms with Gasteiger partial charge in [-0.05, 0) is 30.5 Å². The number of carbonyl (C=O) groups is 1. The molecule has 5 nitrogen and oxygen atoms in total. The zero-order valence-electron chi connectivity index (χ0n) is 12.5. The molecule has 2 atom stereocenters. The average Bonchev–Trinajstić information content (AvgIpc) is 3.22. The normalized spacial score (nSPS) is 18.8. The van der Waals surface area contributed by atoms with Gasteiger partial charge >= 0.3 is 0 Å². The van der Waals surface area contributed by atoms with Gasteiger partial charge in [-0.15, -0.1) is 11.3 Å². The first-order valence-corrected chi connectivity index (χ1v) is 8.33. The van der Waals surface area contributed by atoms with Gasteiger partial charge in [0.2, 0.25) is 0 Å². The lowest BCUT2D eigenvalue weighted by Gasteiger charge is -2.37. The largest absolute Gasteiger partial charge is 0.459 e. The zero-order valence-corrected chi connectivity index (χ0v) is 13.3. The predicted molar refractivity (Wildman–Crippen MR) is 85.1 cm³/mol. The van der Waals surface area contributed by atoms with Crippen LogP contribution in [-0.2, 0) is 4.74 Å². The van der Waals surface area contributed by atoms with Crippen molar-refractivity contribution in [2.45, 2.75) is 19.0 Å². The Labute approximate surface area is 133 Å².